The highest BCUT2D eigenvalue weighted by molar-refractivity contribution is 9.10. The molecule has 0 saturated heterocycles. The van der Waals surface area contributed by atoms with E-state index in [2.05, 4.69) is 15.9 Å². The van der Waals surface area contributed by atoms with Crippen LogP contribution in [0.5, 0.6) is 0 Å². The summed E-state index contributed by atoms with van der Waals surface area (Å²) in [5, 5.41) is -1.02. The molecule has 1 unspecified atom stereocenters. The highest BCUT2D eigenvalue weighted by Crippen LogP contribution is 2.34. The van der Waals surface area contributed by atoms with Crippen molar-refractivity contribution in [2.45, 2.75) is 12.3 Å². The number of benzene rings is 2. The van der Waals surface area contributed by atoms with Gasteiger partial charge in [0, 0.05) is 21.7 Å². The third-order valence-electron chi connectivity index (χ3n) is 2.78. The molecule has 0 spiro atoms. The van der Waals surface area contributed by atoms with E-state index in [4.69, 9.17) is 11.6 Å². The summed E-state index contributed by atoms with van der Waals surface area (Å²) in [5.74, 6) is -1.98. The summed E-state index contributed by atoms with van der Waals surface area (Å²) < 4.78 is 41.3. The van der Waals surface area contributed by atoms with Crippen LogP contribution in [0, 0.1) is 24.4 Å². The van der Waals surface area contributed by atoms with Gasteiger partial charge in [0.05, 0.1) is 5.38 Å². The molecule has 0 aliphatic rings. The minimum absolute atomic E-state index is 0.0533. The van der Waals surface area contributed by atoms with Gasteiger partial charge < -0.3 is 0 Å². The zero-order valence-corrected chi connectivity index (χ0v) is 12.2. The molecule has 0 bridgehead atoms. The third kappa shape index (κ3) is 2.95. The molecule has 19 heavy (non-hydrogen) atoms. The van der Waals surface area contributed by atoms with Crippen molar-refractivity contribution in [1.29, 1.82) is 0 Å². The second-order valence-electron chi connectivity index (χ2n) is 4.15. The summed E-state index contributed by atoms with van der Waals surface area (Å²) in [6, 6.07) is 6.29. The van der Waals surface area contributed by atoms with Crippen LogP contribution in [-0.2, 0) is 0 Å². The van der Waals surface area contributed by atoms with E-state index >= 15 is 0 Å². The Balaban J connectivity index is 2.52. The molecule has 0 fully saturated rings. The second kappa shape index (κ2) is 5.55. The molecule has 0 amide bonds. The van der Waals surface area contributed by atoms with Gasteiger partial charge in [-0.05, 0) is 36.8 Å². The van der Waals surface area contributed by atoms with E-state index in [1.54, 1.807) is 0 Å². The molecular weight excluding hydrogens is 341 g/mol. The average molecular weight is 350 g/mol. The van der Waals surface area contributed by atoms with E-state index in [-0.39, 0.29) is 16.7 Å². The number of halogens is 5. The summed E-state index contributed by atoms with van der Waals surface area (Å²) in [6.45, 7) is 1.50. The van der Waals surface area contributed by atoms with Gasteiger partial charge in [-0.15, -0.1) is 11.6 Å². The van der Waals surface area contributed by atoms with Gasteiger partial charge in [-0.1, -0.05) is 15.9 Å². The Hall–Kier alpha value is -1.00. The van der Waals surface area contributed by atoms with E-state index in [9.17, 15) is 13.2 Å². The molecule has 5 heteroatoms. The van der Waals surface area contributed by atoms with Crippen molar-refractivity contribution in [3.63, 3.8) is 0 Å². The summed E-state index contributed by atoms with van der Waals surface area (Å²) in [7, 11) is 0. The standard InChI is InChI=1S/C14H9BrClF3/c1-7-4-9(13(19)6-12(7)18)14(16)10-5-8(15)2-3-11(10)17/h2-6,14H,1H3. The summed E-state index contributed by atoms with van der Waals surface area (Å²) in [6.07, 6.45) is 0. The van der Waals surface area contributed by atoms with Gasteiger partial charge in [0.1, 0.15) is 17.5 Å². The molecule has 100 valence electrons. The largest absolute Gasteiger partial charge is 0.207 e. The summed E-state index contributed by atoms with van der Waals surface area (Å²) in [5.41, 5.74) is 0.455. The maximum absolute atomic E-state index is 13.7. The molecule has 2 rings (SSSR count). The van der Waals surface area contributed by atoms with Crippen molar-refractivity contribution in [3.05, 3.63) is 68.9 Å². The molecule has 2 aromatic rings. The number of hydrogen-bond acceptors (Lipinski definition) is 0. The molecule has 0 nitrogen and oxygen atoms in total. The minimum atomic E-state index is -1.02. The first-order valence-corrected chi connectivity index (χ1v) is 6.67. The highest BCUT2D eigenvalue weighted by atomic mass is 79.9. The number of alkyl halides is 1. The average Bonchev–Trinajstić information content (AvgIpc) is 2.36. The molecule has 1 atom stereocenters. The van der Waals surface area contributed by atoms with Crippen molar-refractivity contribution < 1.29 is 13.2 Å². The Bertz CT molecular complexity index is 628. The Morgan fingerprint density at radius 3 is 2.26 bits per heavy atom. The zero-order chi connectivity index (χ0) is 14.2. The van der Waals surface area contributed by atoms with Crippen LogP contribution in [0.3, 0.4) is 0 Å². The van der Waals surface area contributed by atoms with E-state index in [0.717, 1.165) is 6.07 Å². The van der Waals surface area contributed by atoms with E-state index in [1.807, 2.05) is 0 Å². The van der Waals surface area contributed by atoms with E-state index in [0.29, 0.717) is 4.47 Å². The van der Waals surface area contributed by atoms with E-state index in [1.165, 1.54) is 31.2 Å². The van der Waals surface area contributed by atoms with Crippen LogP contribution in [0.1, 0.15) is 22.1 Å². The fraction of sp³-hybridized carbons (Fsp3) is 0.143. The van der Waals surface area contributed by atoms with Gasteiger partial charge in [0.15, 0.2) is 0 Å². The molecule has 0 aromatic heterocycles. The van der Waals surface area contributed by atoms with Crippen molar-refractivity contribution in [1.82, 2.24) is 0 Å². The maximum Gasteiger partial charge on any atom is 0.131 e. The van der Waals surface area contributed by atoms with Crippen molar-refractivity contribution in [3.8, 4) is 0 Å². The molecule has 0 radical (unpaired) electrons. The predicted molar refractivity (Wildman–Crippen MR) is 72.9 cm³/mol. The molecule has 0 N–H and O–H groups in total. The lowest BCUT2D eigenvalue weighted by Crippen LogP contribution is -2.02. The van der Waals surface area contributed by atoms with Crippen molar-refractivity contribution in [2.75, 3.05) is 0 Å². The van der Waals surface area contributed by atoms with Crippen LogP contribution in [-0.4, -0.2) is 0 Å². The fourth-order valence-corrected chi connectivity index (χ4v) is 2.46. The van der Waals surface area contributed by atoms with Crippen molar-refractivity contribution >= 4 is 27.5 Å². The van der Waals surface area contributed by atoms with Crippen LogP contribution in [0.25, 0.3) is 0 Å². The van der Waals surface area contributed by atoms with Gasteiger partial charge in [-0.25, -0.2) is 13.2 Å². The minimum Gasteiger partial charge on any atom is -0.207 e. The molecule has 0 aliphatic carbocycles. The predicted octanol–water partition coefficient (Wildman–Crippen LogP) is 5.50. The number of aryl methyl sites for hydroxylation is 1. The lowest BCUT2D eigenvalue weighted by atomic mass is 10.0. The molecule has 0 aliphatic heterocycles. The van der Waals surface area contributed by atoms with Crippen LogP contribution >= 0.6 is 27.5 Å². The Morgan fingerprint density at radius 1 is 0.947 bits per heavy atom. The van der Waals surface area contributed by atoms with Crippen LogP contribution in [0.2, 0.25) is 0 Å². The number of rotatable bonds is 2. The molecule has 2 aromatic carbocycles. The fourth-order valence-electron chi connectivity index (χ4n) is 1.75. The quantitative estimate of drug-likeness (QED) is 0.628. The lowest BCUT2D eigenvalue weighted by molar-refractivity contribution is 0.565. The SMILES string of the molecule is Cc1cc(C(Cl)c2cc(Br)ccc2F)c(F)cc1F. The van der Waals surface area contributed by atoms with Crippen molar-refractivity contribution in [2.24, 2.45) is 0 Å². The lowest BCUT2D eigenvalue weighted by Gasteiger charge is -2.14. The van der Waals surface area contributed by atoms with Crippen LogP contribution < -0.4 is 0 Å². The first kappa shape index (κ1) is 14.4. The van der Waals surface area contributed by atoms with Gasteiger partial charge in [-0.2, -0.15) is 0 Å². The molecular formula is C14H9BrClF3. The smallest absolute Gasteiger partial charge is 0.131 e. The Morgan fingerprint density at radius 2 is 1.58 bits per heavy atom. The second-order valence-corrected chi connectivity index (χ2v) is 5.50. The maximum atomic E-state index is 13.7. The third-order valence-corrected chi connectivity index (χ3v) is 3.75. The first-order valence-electron chi connectivity index (χ1n) is 5.44. The summed E-state index contributed by atoms with van der Waals surface area (Å²) in [4.78, 5) is 0. The zero-order valence-electron chi connectivity index (χ0n) is 9.85. The van der Waals surface area contributed by atoms with Crippen LogP contribution in [0.15, 0.2) is 34.8 Å². The Kier molecular flexibility index (Phi) is 4.21. The Labute approximate surface area is 122 Å². The summed E-state index contributed by atoms with van der Waals surface area (Å²) >= 11 is 9.32. The topological polar surface area (TPSA) is 0 Å². The monoisotopic (exact) mass is 348 g/mol. The number of hydrogen-bond donors (Lipinski definition) is 0. The van der Waals surface area contributed by atoms with Gasteiger partial charge in [0.25, 0.3) is 0 Å². The normalized spacial score (nSPS) is 12.5. The first-order chi connectivity index (χ1) is 8.90. The van der Waals surface area contributed by atoms with Gasteiger partial charge >= 0.3 is 0 Å². The van der Waals surface area contributed by atoms with Gasteiger partial charge in [0.2, 0.25) is 0 Å². The van der Waals surface area contributed by atoms with Crippen LogP contribution in [0.4, 0.5) is 13.2 Å². The molecule has 0 heterocycles. The van der Waals surface area contributed by atoms with E-state index < -0.39 is 22.8 Å². The highest BCUT2D eigenvalue weighted by Gasteiger charge is 2.20. The molecule has 0 saturated carbocycles. The van der Waals surface area contributed by atoms with Gasteiger partial charge in [-0.3, -0.25) is 0 Å².